The molecule has 0 aliphatic heterocycles. The van der Waals surface area contributed by atoms with E-state index in [1.54, 1.807) is 0 Å². The van der Waals surface area contributed by atoms with Crippen LogP contribution in [-0.4, -0.2) is 47.1 Å². The van der Waals surface area contributed by atoms with E-state index in [1.165, 1.54) is 10.4 Å². The van der Waals surface area contributed by atoms with Crippen LogP contribution in [0.3, 0.4) is 0 Å². The number of hydrogen-bond donors (Lipinski definition) is 3. The maximum absolute atomic E-state index is 8.14. The van der Waals surface area contributed by atoms with Crippen molar-refractivity contribution in [3.8, 4) is 0 Å². The molecule has 0 spiro atoms. The Labute approximate surface area is 235 Å². The van der Waals surface area contributed by atoms with Gasteiger partial charge in [0.25, 0.3) is 8.32 Å². The average Bonchev–Trinajstić information content (AvgIpc) is 2.83. The molecule has 0 atom stereocenters. The van der Waals surface area contributed by atoms with Crippen LogP contribution < -0.4 is 21.8 Å². The second-order valence-electron chi connectivity index (χ2n) is 11.9. The van der Waals surface area contributed by atoms with E-state index in [4.69, 9.17) is 32.1 Å². The molecule has 2 rings (SSSR count). The highest BCUT2D eigenvalue weighted by Crippen LogP contribution is 2.38. The molecule has 7 heteroatoms. The Morgan fingerprint density at radius 3 is 1.35 bits per heavy atom. The van der Waals surface area contributed by atoms with Crippen LogP contribution >= 0.6 is 11.1 Å². The van der Waals surface area contributed by atoms with Crippen LogP contribution in [0.1, 0.15) is 67.2 Å². The minimum absolute atomic E-state index is 0.0540. The molecular weight excluding hydrogens is 512 g/mol. The summed E-state index contributed by atoms with van der Waals surface area (Å²) in [6.45, 7) is 20.3. The zero-order valence-electron chi connectivity index (χ0n) is 24.8. The Bertz CT molecular complexity index is 762. The molecule has 0 aliphatic rings. The van der Waals surface area contributed by atoms with Gasteiger partial charge in [-0.1, -0.05) is 115 Å². The molecule has 0 aromatic heterocycles. The molecule has 0 amide bonds. The maximum Gasteiger partial charge on any atom is 0.261 e. The lowest BCUT2D eigenvalue weighted by Gasteiger charge is -2.43. The Kier molecular flexibility index (Phi) is 17.1. The maximum atomic E-state index is 8.14. The third kappa shape index (κ3) is 12.6. The van der Waals surface area contributed by atoms with Crippen molar-refractivity contribution in [1.29, 1.82) is 0 Å². The number of aliphatic hydroxyl groups is 1. The molecule has 2 aromatic carbocycles. The van der Waals surface area contributed by atoms with Gasteiger partial charge in [0.15, 0.2) is 7.38 Å². The summed E-state index contributed by atoms with van der Waals surface area (Å²) in [6, 6.07) is 21.5. The summed E-state index contributed by atoms with van der Waals surface area (Å²) in [4.78, 5) is 0. The first-order valence-electron chi connectivity index (χ1n) is 13.6. The smallest absolute Gasteiger partial charge is 0.261 e. The Morgan fingerprint density at radius 1 is 0.703 bits per heavy atom. The highest BCUT2D eigenvalue weighted by Gasteiger charge is 2.49. The van der Waals surface area contributed by atoms with Crippen LogP contribution in [0.15, 0.2) is 60.7 Å². The van der Waals surface area contributed by atoms with Gasteiger partial charge in [0.1, 0.15) is 0 Å². The predicted molar refractivity (Wildman–Crippen MR) is 170 cm³/mol. The van der Waals surface area contributed by atoms with E-state index in [0.29, 0.717) is 11.6 Å². The lowest BCUT2D eigenvalue weighted by molar-refractivity contribution is 0.285. The second-order valence-corrected chi connectivity index (χ2v) is 23.5. The standard InChI is InChI=1S/C20H29NOSi.C6H15ClSi.C4H11NO/c1-20(2,3)23(22-17-11-10-16-21,18-12-6-4-7-13-18)19-14-8-5-9-15-19;1-6(2,3)8(4,5)7;5-3-1-2-4-6/h4-9,12-15H,10-11,16-17,21H2,1-3H3;1-5H3;6H,1-5H2. The fourth-order valence-corrected chi connectivity index (χ4v) is 8.10. The van der Waals surface area contributed by atoms with E-state index in [0.717, 1.165) is 38.8 Å². The first-order valence-corrected chi connectivity index (χ1v) is 19.6. The molecule has 0 saturated heterocycles. The second kappa shape index (κ2) is 17.6. The van der Waals surface area contributed by atoms with Gasteiger partial charge in [0.2, 0.25) is 0 Å². The molecule has 212 valence electrons. The SMILES string of the molecule is CC(C)(C)[Si](C)(C)Cl.CC(C)(C)[Si](OCCCCN)(c1ccccc1)c1ccccc1.NCCCCO. The van der Waals surface area contributed by atoms with Gasteiger partial charge in [-0.25, -0.2) is 0 Å². The quantitative estimate of drug-likeness (QED) is 0.180. The van der Waals surface area contributed by atoms with Crippen molar-refractivity contribution >= 4 is 37.2 Å². The number of hydrogen-bond acceptors (Lipinski definition) is 4. The van der Waals surface area contributed by atoms with Gasteiger partial charge in [-0.3, -0.25) is 0 Å². The summed E-state index contributed by atoms with van der Waals surface area (Å²) in [5.74, 6) is 0. The topological polar surface area (TPSA) is 81.5 Å². The summed E-state index contributed by atoms with van der Waals surface area (Å²) in [7, 11) is -3.73. The number of benzene rings is 2. The average molecular weight is 567 g/mol. The molecule has 0 unspecified atom stereocenters. The predicted octanol–water partition coefficient (Wildman–Crippen LogP) is 6.25. The number of rotatable bonds is 10. The molecule has 0 radical (unpaired) electrons. The van der Waals surface area contributed by atoms with Gasteiger partial charge in [-0.15, -0.1) is 0 Å². The van der Waals surface area contributed by atoms with Gasteiger partial charge < -0.3 is 21.0 Å². The lowest BCUT2D eigenvalue weighted by Crippen LogP contribution is -2.66. The molecule has 0 fully saturated rings. The molecular formula is C30H55ClN2O2Si2. The third-order valence-corrected chi connectivity index (χ3v) is 17.0. The molecule has 0 heterocycles. The fraction of sp³-hybridized carbons (Fsp3) is 0.600. The minimum atomic E-state index is -2.34. The Morgan fingerprint density at radius 2 is 1.08 bits per heavy atom. The van der Waals surface area contributed by atoms with Crippen LogP contribution in [0.25, 0.3) is 0 Å². The first-order chi connectivity index (χ1) is 17.2. The largest absolute Gasteiger partial charge is 0.407 e. The third-order valence-electron chi connectivity index (χ3n) is 6.73. The summed E-state index contributed by atoms with van der Waals surface area (Å²) in [6.07, 6.45) is 3.81. The monoisotopic (exact) mass is 566 g/mol. The molecule has 0 aliphatic carbocycles. The fourth-order valence-electron chi connectivity index (χ4n) is 3.49. The van der Waals surface area contributed by atoms with E-state index in [1.807, 2.05) is 0 Å². The highest BCUT2D eigenvalue weighted by molar-refractivity contribution is 7.20. The van der Waals surface area contributed by atoms with Crippen molar-refractivity contribution in [1.82, 2.24) is 0 Å². The molecule has 4 nitrogen and oxygen atoms in total. The van der Waals surface area contributed by atoms with Crippen molar-refractivity contribution in [3.05, 3.63) is 60.7 Å². The van der Waals surface area contributed by atoms with Crippen LogP contribution in [-0.2, 0) is 4.43 Å². The molecule has 0 saturated carbocycles. The van der Waals surface area contributed by atoms with Gasteiger partial charge in [-0.2, -0.15) is 11.1 Å². The number of halogens is 1. The van der Waals surface area contributed by atoms with Crippen molar-refractivity contribution in [2.24, 2.45) is 11.5 Å². The van der Waals surface area contributed by atoms with Crippen LogP contribution in [0.2, 0.25) is 23.2 Å². The van der Waals surface area contributed by atoms with Gasteiger partial charge in [0.05, 0.1) is 0 Å². The number of aliphatic hydroxyl groups excluding tert-OH is 1. The first kappa shape index (κ1) is 36.0. The summed E-state index contributed by atoms with van der Waals surface area (Å²) in [5, 5.41) is 11.2. The zero-order valence-corrected chi connectivity index (χ0v) is 27.6. The molecule has 0 bridgehead atoms. The summed E-state index contributed by atoms with van der Waals surface area (Å²) in [5.41, 5.74) is 10.7. The van der Waals surface area contributed by atoms with Crippen molar-refractivity contribution in [2.75, 3.05) is 26.3 Å². The van der Waals surface area contributed by atoms with Gasteiger partial charge in [-0.05, 0) is 59.2 Å². The zero-order chi connectivity index (χ0) is 28.6. The van der Waals surface area contributed by atoms with Crippen LogP contribution in [0.4, 0.5) is 0 Å². The molecule has 2 aromatic rings. The lowest BCUT2D eigenvalue weighted by atomic mass is 10.2. The Balaban J connectivity index is 0.000000762. The normalized spacial score (nSPS) is 12.2. The van der Waals surface area contributed by atoms with E-state index in [9.17, 15) is 0 Å². The van der Waals surface area contributed by atoms with E-state index in [-0.39, 0.29) is 11.6 Å². The van der Waals surface area contributed by atoms with Crippen molar-refractivity contribution < 1.29 is 9.53 Å². The van der Waals surface area contributed by atoms with E-state index in [2.05, 4.69) is 115 Å². The van der Waals surface area contributed by atoms with Crippen molar-refractivity contribution in [2.45, 2.75) is 90.4 Å². The summed E-state index contributed by atoms with van der Waals surface area (Å²) < 4.78 is 6.75. The molecule has 5 N–H and O–H groups in total. The van der Waals surface area contributed by atoms with Gasteiger partial charge >= 0.3 is 0 Å². The van der Waals surface area contributed by atoms with Gasteiger partial charge in [0, 0.05) is 13.2 Å². The van der Waals surface area contributed by atoms with E-state index < -0.39 is 15.7 Å². The number of nitrogens with two attached hydrogens (primary N) is 2. The number of unbranched alkanes of at least 4 members (excludes halogenated alkanes) is 2. The Hall–Kier alpha value is -0.996. The van der Waals surface area contributed by atoms with Crippen molar-refractivity contribution in [3.63, 3.8) is 0 Å². The highest BCUT2D eigenvalue weighted by atomic mass is 35.6. The van der Waals surface area contributed by atoms with Crippen LogP contribution in [0, 0.1) is 0 Å². The minimum Gasteiger partial charge on any atom is -0.407 e. The van der Waals surface area contributed by atoms with Crippen LogP contribution in [0.5, 0.6) is 0 Å². The van der Waals surface area contributed by atoms with E-state index >= 15 is 0 Å². The summed E-state index contributed by atoms with van der Waals surface area (Å²) >= 11 is 6.15. The molecule has 37 heavy (non-hydrogen) atoms.